The molecular formula is C28H34N6O6S. The third kappa shape index (κ3) is 9.08. The topological polar surface area (TPSA) is 209 Å². The zero-order valence-corrected chi connectivity index (χ0v) is 23.1. The van der Waals surface area contributed by atoms with Crippen molar-refractivity contribution in [1.29, 1.82) is 0 Å². The average molecular weight is 583 g/mol. The first-order valence-electron chi connectivity index (χ1n) is 13.0. The Kier molecular flexibility index (Phi) is 11.3. The summed E-state index contributed by atoms with van der Waals surface area (Å²) in [4.78, 5) is 65.5. The molecule has 218 valence electrons. The number of primary amides is 1. The number of H-pyrrole nitrogens is 1. The summed E-state index contributed by atoms with van der Waals surface area (Å²) >= 11 is 3.97. The molecule has 0 aliphatic rings. The standard InChI is InChI=1S/C28H34N6O6S/c29-19(13-17-14-31-20-9-5-4-8-18(17)20)25(36)32-21(10-11-24(30)35)26(37)33-22(12-16-6-2-1-3-7-16)27(38)34-23(15-41)28(39)40/h1-9,14,19,21-23,31,41H,10-13,15,29H2,(H2,30,35)(H,32,36)(H,33,37)(H,34,38)(H,39,40). The summed E-state index contributed by atoms with van der Waals surface area (Å²) in [6, 6.07) is 11.6. The minimum atomic E-state index is -1.28. The lowest BCUT2D eigenvalue weighted by Gasteiger charge is -2.25. The lowest BCUT2D eigenvalue weighted by atomic mass is 10.0. The number of carboxylic acid groups (broad SMARTS) is 1. The highest BCUT2D eigenvalue weighted by molar-refractivity contribution is 7.80. The van der Waals surface area contributed by atoms with Crippen LogP contribution >= 0.6 is 12.6 Å². The van der Waals surface area contributed by atoms with Crippen molar-refractivity contribution in [3.05, 3.63) is 71.9 Å². The molecule has 1 heterocycles. The molecule has 13 heteroatoms. The van der Waals surface area contributed by atoms with Gasteiger partial charge in [-0.2, -0.15) is 12.6 Å². The maximum atomic E-state index is 13.4. The zero-order valence-electron chi connectivity index (χ0n) is 22.2. The zero-order chi connectivity index (χ0) is 29.9. The monoisotopic (exact) mass is 582 g/mol. The number of para-hydroxylation sites is 1. The normalized spacial score (nSPS) is 13.9. The van der Waals surface area contributed by atoms with E-state index in [1.54, 1.807) is 36.5 Å². The van der Waals surface area contributed by atoms with E-state index < -0.39 is 53.8 Å². The number of fused-ring (bicyclic) bond motifs is 1. The number of carbonyl (C=O) groups excluding carboxylic acids is 4. The highest BCUT2D eigenvalue weighted by Gasteiger charge is 2.30. The highest BCUT2D eigenvalue weighted by atomic mass is 32.1. The Labute approximate surface area is 242 Å². The summed E-state index contributed by atoms with van der Waals surface area (Å²) in [6.07, 6.45) is 1.62. The van der Waals surface area contributed by atoms with Gasteiger partial charge >= 0.3 is 5.97 Å². The molecule has 9 N–H and O–H groups in total. The molecule has 1 aromatic heterocycles. The largest absolute Gasteiger partial charge is 0.480 e. The predicted octanol–water partition coefficient (Wildman–Crippen LogP) is 0.0147. The SMILES string of the molecule is NC(=O)CCC(NC(=O)C(N)Cc1c[nH]c2ccccc12)C(=O)NC(Cc1ccccc1)C(=O)NC(CS)C(=O)O. The summed E-state index contributed by atoms with van der Waals surface area (Å²) in [5.74, 6) is -4.28. The molecule has 3 rings (SSSR count). The highest BCUT2D eigenvalue weighted by Crippen LogP contribution is 2.19. The number of aliphatic carboxylic acids is 1. The van der Waals surface area contributed by atoms with E-state index >= 15 is 0 Å². The summed E-state index contributed by atoms with van der Waals surface area (Å²) in [5, 5.41) is 17.8. The number of amides is 4. The molecule has 12 nitrogen and oxygen atoms in total. The van der Waals surface area contributed by atoms with Crippen LogP contribution in [0.1, 0.15) is 24.0 Å². The second-order valence-corrected chi connectivity index (χ2v) is 9.93. The summed E-state index contributed by atoms with van der Waals surface area (Å²) in [6.45, 7) is 0. The van der Waals surface area contributed by atoms with Crippen LogP contribution < -0.4 is 27.4 Å². The fourth-order valence-corrected chi connectivity index (χ4v) is 4.50. The van der Waals surface area contributed by atoms with Crippen LogP contribution in [0.25, 0.3) is 10.9 Å². The van der Waals surface area contributed by atoms with Gasteiger partial charge in [0.05, 0.1) is 6.04 Å². The first-order chi connectivity index (χ1) is 19.6. The van der Waals surface area contributed by atoms with E-state index in [1.165, 1.54) is 0 Å². The van der Waals surface area contributed by atoms with Gasteiger partial charge in [0.15, 0.2) is 0 Å². The molecule has 4 amide bonds. The number of carboxylic acids is 1. The minimum Gasteiger partial charge on any atom is -0.480 e. The lowest BCUT2D eigenvalue weighted by molar-refractivity contribution is -0.141. The van der Waals surface area contributed by atoms with Crippen molar-refractivity contribution in [2.75, 3.05) is 5.75 Å². The van der Waals surface area contributed by atoms with Crippen molar-refractivity contribution < 1.29 is 29.1 Å². The number of rotatable bonds is 15. The van der Waals surface area contributed by atoms with Gasteiger partial charge in [0.1, 0.15) is 18.1 Å². The fraction of sp³-hybridized carbons (Fsp3) is 0.321. The van der Waals surface area contributed by atoms with Gasteiger partial charge in [-0.3, -0.25) is 19.2 Å². The first-order valence-corrected chi connectivity index (χ1v) is 13.6. The number of carbonyl (C=O) groups is 5. The summed E-state index contributed by atoms with van der Waals surface area (Å²) in [7, 11) is 0. The van der Waals surface area contributed by atoms with Crippen LogP contribution in [0.5, 0.6) is 0 Å². The quantitative estimate of drug-likeness (QED) is 0.115. The van der Waals surface area contributed by atoms with Gasteiger partial charge < -0.3 is 37.5 Å². The third-order valence-electron chi connectivity index (χ3n) is 6.48. The van der Waals surface area contributed by atoms with Gasteiger partial charge in [-0.15, -0.1) is 0 Å². The van der Waals surface area contributed by atoms with Crippen molar-refractivity contribution in [2.24, 2.45) is 11.5 Å². The first kappa shape index (κ1) is 31.2. The fourth-order valence-electron chi connectivity index (χ4n) is 4.25. The predicted molar refractivity (Wildman–Crippen MR) is 156 cm³/mol. The van der Waals surface area contributed by atoms with Gasteiger partial charge in [-0.25, -0.2) is 4.79 Å². The van der Waals surface area contributed by atoms with Crippen LogP contribution in [0, 0.1) is 0 Å². The molecule has 3 aromatic rings. The molecule has 0 aliphatic carbocycles. The number of benzene rings is 2. The lowest BCUT2D eigenvalue weighted by Crippen LogP contribution is -2.58. The van der Waals surface area contributed by atoms with Gasteiger partial charge in [0, 0.05) is 35.7 Å². The molecule has 0 radical (unpaired) electrons. The smallest absolute Gasteiger partial charge is 0.327 e. The molecule has 2 aromatic carbocycles. The van der Waals surface area contributed by atoms with Gasteiger partial charge in [0.25, 0.3) is 0 Å². The van der Waals surface area contributed by atoms with E-state index in [1.807, 2.05) is 24.3 Å². The van der Waals surface area contributed by atoms with Crippen molar-refractivity contribution in [1.82, 2.24) is 20.9 Å². The van der Waals surface area contributed by atoms with Gasteiger partial charge in [-0.05, 0) is 30.0 Å². The van der Waals surface area contributed by atoms with Crippen LogP contribution in [0.3, 0.4) is 0 Å². The van der Waals surface area contributed by atoms with E-state index in [2.05, 4.69) is 33.6 Å². The van der Waals surface area contributed by atoms with Crippen molar-refractivity contribution in [3.63, 3.8) is 0 Å². The van der Waals surface area contributed by atoms with Crippen LogP contribution in [-0.4, -0.2) is 69.6 Å². The van der Waals surface area contributed by atoms with E-state index in [4.69, 9.17) is 11.5 Å². The Bertz CT molecular complexity index is 1380. The summed E-state index contributed by atoms with van der Waals surface area (Å²) < 4.78 is 0. The number of nitrogens with one attached hydrogen (secondary N) is 4. The maximum absolute atomic E-state index is 13.4. The molecule has 41 heavy (non-hydrogen) atoms. The number of aromatic amines is 1. The second kappa shape index (κ2) is 14.9. The van der Waals surface area contributed by atoms with Crippen molar-refractivity contribution in [2.45, 2.75) is 49.9 Å². The summed E-state index contributed by atoms with van der Waals surface area (Å²) in [5.41, 5.74) is 13.9. The van der Waals surface area contributed by atoms with E-state index in [-0.39, 0.29) is 31.4 Å². The van der Waals surface area contributed by atoms with Crippen LogP contribution in [0.4, 0.5) is 0 Å². The van der Waals surface area contributed by atoms with Crippen LogP contribution in [0.15, 0.2) is 60.8 Å². The van der Waals surface area contributed by atoms with E-state index in [0.717, 1.165) is 16.5 Å². The molecular weight excluding hydrogens is 548 g/mol. The number of aromatic nitrogens is 1. The Hall–Kier alpha value is -4.36. The molecule has 0 bridgehead atoms. The molecule has 0 spiro atoms. The average Bonchev–Trinajstić information content (AvgIpc) is 3.36. The third-order valence-corrected chi connectivity index (χ3v) is 6.84. The molecule has 0 fully saturated rings. The van der Waals surface area contributed by atoms with Crippen molar-refractivity contribution in [3.8, 4) is 0 Å². The van der Waals surface area contributed by atoms with E-state index in [0.29, 0.717) is 5.56 Å². The van der Waals surface area contributed by atoms with Gasteiger partial charge in [-0.1, -0.05) is 48.5 Å². The molecule has 0 aliphatic heterocycles. The number of hydrogen-bond acceptors (Lipinski definition) is 7. The molecule has 0 saturated heterocycles. The second-order valence-electron chi connectivity index (χ2n) is 9.57. The van der Waals surface area contributed by atoms with Gasteiger partial charge in [0.2, 0.25) is 23.6 Å². The Morgan fingerprint density at radius 1 is 0.829 bits per heavy atom. The number of hydrogen-bond donors (Lipinski definition) is 8. The number of nitrogens with two attached hydrogens (primary N) is 2. The van der Waals surface area contributed by atoms with Crippen LogP contribution in [-0.2, 0) is 36.8 Å². The molecule has 0 saturated carbocycles. The minimum absolute atomic E-state index is 0.0356. The number of thiol groups is 1. The molecule has 4 unspecified atom stereocenters. The Morgan fingerprint density at radius 3 is 2.10 bits per heavy atom. The van der Waals surface area contributed by atoms with Crippen LogP contribution in [0.2, 0.25) is 0 Å². The van der Waals surface area contributed by atoms with Crippen molar-refractivity contribution >= 4 is 53.1 Å². The Morgan fingerprint density at radius 2 is 1.44 bits per heavy atom. The molecule has 4 atom stereocenters. The maximum Gasteiger partial charge on any atom is 0.327 e. The Balaban J connectivity index is 1.76. The van der Waals surface area contributed by atoms with E-state index in [9.17, 15) is 29.1 Å².